The summed E-state index contributed by atoms with van der Waals surface area (Å²) in [5.74, 6) is 1.14. The van der Waals surface area contributed by atoms with Gasteiger partial charge < -0.3 is 0 Å². The predicted molar refractivity (Wildman–Crippen MR) is 124 cm³/mol. The zero-order valence-corrected chi connectivity index (χ0v) is 17.9. The number of nitrogens with one attached hydrogen (secondary N) is 1. The van der Waals surface area contributed by atoms with Crippen LogP contribution in [0.15, 0.2) is 79.0 Å². The average Bonchev–Trinajstić information content (AvgIpc) is 3.19. The molecule has 150 valence electrons. The van der Waals surface area contributed by atoms with E-state index in [9.17, 15) is 0 Å². The van der Waals surface area contributed by atoms with Crippen molar-refractivity contribution in [2.45, 2.75) is 26.3 Å². The molecule has 0 unspecified atom stereocenters. The third-order valence-corrected chi connectivity index (χ3v) is 6.08. The van der Waals surface area contributed by atoms with Gasteiger partial charge in [0.15, 0.2) is 0 Å². The lowest BCUT2D eigenvalue weighted by Crippen LogP contribution is -2.43. The van der Waals surface area contributed by atoms with Gasteiger partial charge >= 0.3 is 5.95 Å². The first-order valence-corrected chi connectivity index (χ1v) is 11.0. The van der Waals surface area contributed by atoms with Crippen molar-refractivity contribution >= 4 is 17.5 Å². The maximum absolute atomic E-state index is 6.27. The molecule has 0 saturated carbocycles. The average molecular weight is 415 g/mol. The first-order valence-electron chi connectivity index (χ1n) is 10.6. The predicted octanol–water partition coefficient (Wildman–Crippen LogP) is 6.13. The fourth-order valence-corrected chi connectivity index (χ4v) is 4.50. The molecule has 1 aliphatic rings. The quantitative estimate of drug-likeness (QED) is 0.398. The lowest BCUT2D eigenvalue weighted by Gasteiger charge is -2.14. The fraction of sp³-hybridized carbons (Fsp3) is 0.192. The number of nitrogens with zero attached hydrogens (tertiary/aromatic N) is 2. The smallest absolute Gasteiger partial charge is 0.277 e. The minimum absolute atomic E-state index is 0.795. The second kappa shape index (κ2) is 8.00. The second-order valence-corrected chi connectivity index (χ2v) is 8.14. The van der Waals surface area contributed by atoms with E-state index in [1.54, 1.807) is 0 Å². The summed E-state index contributed by atoms with van der Waals surface area (Å²) in [7, 11) is 0. The standard InChI is InChI=1S/C26H24ClN3/c1-2-19-17-22(27)11-14-24(19)25-18-30(26-28-15-6-16-29(25)26)23-12-9-21(10-13-23)20-7-4-3-5-8-20/h3-5,7-14,17-18H,2,6,15-16H2,1H3/p+1. The van der Waals surface area contributed by atoms with Crippen LogP contribution in [0.25, 0.3) is 28.1 Å². The van der Waals surface area contributed by atoms with Crippen molar-refractivity contribution < 1.29 is 4.57 Å². The molecule has 0 radical (unpaired) electrons. The molecule has 0 atom stereocenters. The van der Waals surface area contributed by atoms with Crippen molar-refractivity contribution in [3.63, 3.8) is 0 Å². The number of aryl methyl sites for hydroxylation is 1. The van der Waals surface area contributed by atoms with E-state index in [-0.39, 0.29) is 0 Å². The lowest BCUT2D eigenvalue weighted by atomic mass is 10.0. The Balaban J connectivity index is 1.60. The van der Waals surface area contributed by atoms with Gasteiger partial charge in [0.1, 0.15) is 17.6 Å². The molecule has 3 aromatic carbocycles. The van der Waals surface area contributed by atoms with Crippen LogP contribution >= 0.6 is 11.6 Å². The Morgan fingerprint density at radius 3 is 2.50 bits per heavy atom. The van der Waals surface area contributed by atoms with Gasteiger partial charge in [0.2, 0.25) is 0 Å². The number of fused-ring (bicyclic) bond motifs is 1. The third-order valence-electron chi connectivity index (χ3n) is 5.84. The van der Waals surface area contributed by atoms with Crippen molar-refractivity contribution in [2.75, 3.05) is 11.9 Å². The highest BCUT2D eigenvalue weighted by Crippen LogP contribution is 2.30. The number of anilines is 1. The van der Waals surface area contributed by atoms with Crippen LogP contribution < -0.4 is 9.88 Å². The van der Waals surface area contributed by atoms with Crippen LogP contribution in [-0.4, -0.2) is 11.1 Å². The van der Waals surface area contributed by atoms with Crippen LogP contribution in [0.2, 0.25) is 5.02 Å². The van der Waals surface area contributed by atoms with E-state index in [1.165, 1.54) is 27.9 Å². The molecule has 0 aliphatic carbocycles. The monoisotopic (exact) mass is 414 g/mol. The SMILES string of the molecule is CCc1cc(Cl)ccc1-c1cn(-c2ccc(-c3ccccc3)cc2)c2[n+]1CCCN2. The molecule has 1 N–H and O–H groups in total. The molecule has 0 bridgehead atoms. The summed E-state index contributed by atoms with van der Waals surface area (Å²) in [6, 6.07) is 25.5. The van der Waals surface area contributed by atoms with Gasteiger partial charge in [0, 0.05) is 17.0 Å². The number of benzene rings is 3. The molecule has 0 spiro atoms. The Bertz CT molecular complexity index is 1180. The van der Waals surface area contributed by atoms with Crippen LogP contribution in [0.5, 0.6) is 0 Å². The Morgan fingerprint density at radius 2 is 1.73 bits per heavy atom. The van der Waals surface area contributed by atoms with Crippen LogP contribution in [0.3, 0.4) is 0 Å². The first-order chi connectivity index (χ1) is 14.7. The third kappa shape index (κ3) is 3.40. The summed E-state index contributed by atoms with van der Waals surface area (Å²) in [6.07, 6.45) is 4.33. The molecule has 1 aliphatic heterocycles. The van der Waals surface area contributed by atoms with E-state index in [0.717, 1.165) is 42.6 Å². The molecule has 3 nitrogen and oxygen atoms in total. The van der Waals surface area contributed by atoms with E-state index >= 15 is 0 Å². The summed E-state index contributed by atoms with van der Waals surface area (Å²) in [6.45, 7) is 4.19. The van der Waals surface area contributed by atoms with Gasteiger partial charge in [-0.2, -0.15) is 0 Å². The van der Waals surface area contributed by atoms with Gasteiger partial charge in [0.05, 0.1) is 13.1 Å². The molecule has 4 aromatic rings. The summed E-state index contributed by atoms with van der Waals surface area (Å²) in [5, 5.41) is 4.41. The van der Waals surface area contributed by atoms with Gasteiger partial charge in [0.25, 0.3) is 0 Å². The number of halogens is 1. The number of imidazole rings is 1. The van der Waals surface area contributed by atoms with E-state index in [0.29, 0.717) is 0 Å². The van der Waals surface area contributed by atoms with Crippen LogP contribution in [0, 0.1) is 0 Å². The molecular weight excluding hydrogens is 390 g/mol. The van der Waals surface area contributed by atoms with E-state index in [1.807, 2.05) is 6.07 Å². The van der Waals surface area contributed by atoms with Crippen molar-refractivity contribution in [2.24, 2.45) is 0 Å². The molecule has 5 rings (SSSR count). The summed E-state index contributed by atoms with van der Waals surface area (Å²) >= 11 is 6.27. The van der Waals surface area contributed by atoms with Crippen molar-refractivity contribution in [1.82, 2.24) is 4.57 Å². The maximum atomic E-state index is 6.27. The topological polar surface area (TPSA) is 20.8 Å². The minimum atomic E-state index is 0.795. The number of aromatic nitrogens is 2. The zero-order valence-electron chi connectivity index (χ0n) is 17.1. The highest BCUT2D eigenvalue weighted by molar-refractivity contribution is 6.30. The molecule has 30 heavy (non-hydrogen) atoms. The molecule has 4 heteroatoms. The van der Waals surface area contributed by atoms with Crippen molar-refractivity contribution in [3.8, 4) is 28.1 Å². The van der Waals surface area contributed by atoms with Crippen LogP contribution in [0.4, 0.5) is 5.95 Å². The Hall–Kier alpha value is -3.04. The minimum Gasteiger partial charge on any atom is -0.277 e. The maximum Gasteiger partial charge on any atom is 0.362 e. The summed E-state index contributed by atoms with van der Waals surface area (Å²) in [5.41, 5.74) is 7.39. The second-order valence-electron chi connectivity index (χ2n) is 7.71. The largest absolute Gasteiger partial charge is 0.362 e. The number of hydrogen-bond donors (Lipinski definition) is 1. The van der Waals surface area contributed by atoms with Gasteiger partial charge in [-0.05, 0) is 53.4 Å². The molecule has 2 heterocycles. The Labute approximate surface area is 182 Å². The zero-order chi connectivity index (χ0) is 20.5. The Morgan fingerprint density at radius 1 is 0.967 bits per heavy atom. The number of rotatable bonds is 4. The molecule has 0 fully saturated rings. The Kier molecular flexibility index (Phi) is 5.06. The van der Waals surface area contributed by atoms with Gasteiger partial charge in [-0.1, -0.05) is 61.0 Å². The van der Waals surface area contributed by atoms with E-state index in [2.05, 4.69) is 94.3 Å². The molecule has 0 saturated heterocycles. The molecule has 1 aromatic heterocycles. The first kappa shape index (κ1) is 19.0. The van der Waals surface area contributed by atoms with Crippen molar-refractivity contribution in [3.05, 3.63) is 89.6 Å². The van der Waals surface area contributed by atoms with E-state index in [4.69, 9.17) is 11.6 Å². The van der Waals surface area contributed by atoms with Crippen LogP contribution in [0.1, 0.15) is 18.9 Å². The van der Waals surface area contributed by atoms with Crippen molar-refractivity contribution in [1.29, 1.82) is 0 Å². The normalized spacial score (nSPS) is 13.0. The van der Waals surface area contributed by atoms with E-state index < -0.39 is 0 Å². The summed E-state index contributed by atoms with van der Waals surface area (Å²) in [4.78, 5) is 0. The number of hydrogen-bond acceptors (Lipinski definition) is 1. The lowest BCUT2D eigenvalue weighted by molar-refractivity contribution is -0.675. The molecule has 0 amide bonds. The summed E-state index contributed by atoms with van der Waals surface area (Å²) < 4.78 is 4.67. The van der Waals surface area contributed by atoms with Gasteiger partial charge in [-0.25, -0.2) is 9.13 Å². The van der Waals surface area contributed by atoms with Gasteiger partial charge in [-0.3, -0.25) is 5.32 Å². The fourth-order valence-electron chi connectivity index (χ4n) is 4.30. The highest BCUT2D eigenvalue weighted by Gasteiger charge is 2.27. The van der Waals surface area contributed by atoms with Crippen LogP contribution in [-0.2, 0) is 13.0 Å². The molecular formula is C26H25ClN3+. The highest BCUT2D eigenvalue weighted by atomic mass is 35.5. The van der Waals surface area contributed by atoms with Gasteiger partial charge in [-0.15, -0.1) is 0 Å².